The number of nitrogens with one attached hydrogen (secondary N) is 1. The first kappa shape index (κ1) is 12.7. The Hall–Kier alpha value is -2.40. The zero-order chi connectivity index (χ0) is 12.7. The van der Waals surface area contributed by atoms with E-state index in [-0.39, 0.29) is 12.8 Å². The molecule has 0 radical (unpaired) electrons. The Labute approximate surface area is 98.3 Å². The molecule has 0 aliphatic rings. The van der Waals surface area contributed by atoms with Crippen LogP contribution in [0.2, 0.25) is 0 Å². The first-order valence-corrected chi connectivity index (χ1v) is 4.95. The standard InChI is InChI=1S/C12H10FN3O/c13-11(4-6-14)9-2-1-3-10(8-9)16-12(17)5-7-15/h1-3,8,11H,4-5H2,(H,16,17). The van der Waals surface area contributed by atoms with Gasteiger partial charge in [0.25, 0.3) is 0 Å². The molecule has 0 spiro atoms. The van der Waals surface area contributed by atoms with Crippen LogP contribution in [0, 0.1) is 22.7 Å². The molecule has 0 bridgehead atoms. The molecule has 0 aromatic heterocycles. The van der Waals surface area contributed by atoms with E-state index >= 15 is 0 Å². The van der Waals surface area contributed by atoms with Gasteiger partial charge < -0.3 is 5.32 Å². The van der Waals surface area contributed by atoms with Gasteiger partial charge in [-0.3, -0.25) is 4.79 Å². The van der Waals surface area contributed by atoms with Crippen LogP contribution in [0.5, 0.6) is 0 Å². The van der Waals surface area contributed by atoms with E-state index < -0.39 is 12.1 Å². The molecule has 1 aromatic carbocycles. The van der Waals surface area contributed by atoms with Crippen LogP contribution >= 0.6 is 0 Å². The van der Waals surface area contributed by atoms with E-state index in [1.807, 2.05) is 0 Å². The van der Waals surface area contributed by atoms with Crippen molar-refractivity contribution >= 4 is 11.6 Å². The molecule has 1 rings (SSSR count). The molecular weight excluding hydrogens is 221 g/mol. The summed E-state index contributed by atoms with van der Waals surface area (Å²) in [6.07, 6.45) is -1.84. The molecule has 0 fully saturated rings. The summed E-state index contributed by atoms with van der Waals surface area (Å²) in [5, 5.41) is 19.2. The monoisotopic (exact) mass is 231 g/mol. The lowest BCUT2D eigenvalue weighted by molar-refractivity contribution is -0.115. The van der Waals surface area contributed by atoms with Crippen molar-refractivity contribution in [2.45, 2.75) is 19.0 Å². The maximum absolute atomic E-state index is 13.4. The molecule has 1 unspecified atom stereocenters. The molecule has 17 heavy (non-hydrogen) atoms. The van der Waals surface area contributed by atoms with Crippen LogP contribution < -0.4 is 5.32 Å². The van der Waals surface area contributed by atoms with Gasteiger partial charge in [-0.2, -0.15) is 10.5 Å². The minimum Gasteiger partial charge on any atom is -0.325 e. The fraction of sp³-hybridized carbons (Fsp3) is 0.250. The van der Waals surface area contributed by atoms with Gasteiger partial charge in [0.05, 0.1) is 18.6 Å². The lowest BCUT2D eigenvalue weighted by atomic mass is 10.1. The number of anilines is 1. The van der Waals surface area contributed by atoms with E-state index in [2.05, 4.69) is 5.32 Å². The van der Waals surface area contributed by atoms with E-state index in [0.29, 0.717) is 11.3 Å². The van der Waals surface area contributed by atoms with Gasteiger partial charge in [-0.25, -0.2) is 4.39 Å². The normalized spacial score (nSPS) is 11.0. The minimum absolute atomic E-state index is 0.227. The maximum Gasteiger partial charge on any atom is 0.238 e. The number of carbonyl (C=O) groups is 1. The summed E-state index contributed by atoms with van der Waals surface area (Å²) >= 11 is 0. The Morgan fingerprint density at radius 1 is 1.41 bits per heavy atom. The van der Waals surface area contributed by atoms with Crippen molar-refractivity contribution in [2.75, 3.05) is 5.32 Å². The Balaban J connectivity index is 2.77. The van der Waals surface area contributed by atoms with Crippen LogP contribution in [0.15, 0.2) is 24.3 Å². The molecule has 0 saturated carbocycles. The number of hydrogen-bond acceptors (Lipinski definition) is 3. The fourth-order valence-corrected chi connectivity index (χ4v) is 1.29. The number of benzene rings is 1. The highest BCUT2D eigenvalue weighted by Crippen LogP contribution is 2.23. The average molecular weight is 231 g/mol. The van der Waals surface area contributed by atoms with Gasteiger partial charge in [-0.05, 0) is 17.7 Å². The van der Waals surface area contributed by atoms with Gasteiger partial charge >= 0.3 is 0 Å². The molecule has 1 aromatic rings. The molecule has 0 aliphatic heterocycles. The molecule has 1 atom stereocenters. The van der Waals surface area contributed by atoms with E-state index in [1.54, 1.807) is 30.3 Å². The number of nitrogens with zero attached hydrogens (tertiary/aromatic N) is 2. The summed E-state index contributed by atoms with van der Waals surface area (Å²) in [7, 11) is 0. The first-order chi connectivity index (χ1) is 8.17. The average Bonchev–Trinajstić information content (AvgIpc) is 2.30. The van der Waals surface area contributed by atoms with E-state index in [9.17, 15) is 9.18 Å². The number of amides is 1. The highest BCUT2D eigenvalue weighted by Gasteiger charge is 2.10. The third-order valence-electron chi connectivity index (χ3n) is 2.04. The second kappa shape index (κ2) is 6.24. The van der Waals surface area contributed by atoms with Crippen LogP contribution in [-0.2, 0) is 4.79 Å². The smallest absolute Gasteiger partial charge is 0.238 e. The summed E-state index contributed by atoms with van der Waals surface area (Å²) in [5.74, 6) is -0.444. The SMILES string of the molecule is N#CCC(=O)Nc1cccc(C(F)CC#N)c1. The third kappa shape index (κ3) is 3.92. The van der Waals surface area contributed by atoms with Gasteiger partial charge in [0.15, 0.2) is 0 Å². The predicted octanol–water partition coefficient (Wildman–Crippen LogP) is 2.46. The topological polar surface area (TPSA) is 76.7 Å². The molecular formula is C12H10FN3O. The van der Waals surface area contributed by atoms with Gasteiger partial charge in [0, 0.05) is 5.69 Å². The van der Waals surface area contributed by atoms with E-state index in [1.165, 1.54) is 6.07 Å². The second-order valence-corrected chi connectivity index (χ2v) is 3.34. The fourth-order valence-electron chi connectivity index (χ4n) is 1.29. The van der Waals surface area contributed by atoms with E-state index in [4.69, 9.17) is 10.5 Å². The number of hydrogen-bond donors (Lipinski definition) is 1. The van der Waals surface area contributed by atoms with Crippen molar-refractivity contribution in [3.63, 3.8) is 0 Å². The molecule has 86 valence electrons. The quantitative estimate of drug-likeness (QED) is 0.864. The highest BCUT2D eigenvalue weighted by atomic mass is 19.1. The molecule has 0 aliphatic carbocycles. The molecule has 0 saturated heterocycles. The van der Waals surface area contributed by atoms with E-state index in [0.717, 1.165) is 0 Å². The third-order valence-corrected chi connectivity index (χ3v) is 2.04. The summed E-state index contributed by atoms with van der Waals surface area (Å²) in [4.78, 5) is 11.1. The Bertz CT molecular complexity index is 487. The summed E-state index contributed by atoms with van der Waals surface area (Å²) in [5.41, 5.74) is 0.754. The van der Waals surface area contributed by atoms with Crippen molar-refractivity contribution < 1.29 is 9.18 Å². The van der Waals surface area contributed by atoms with Crippen LogP contribution in [0.4, 0.5) is 10.1 Å². The first-order valence-electron chi connectivity index (χ1n) is 4.95. The highest BCUT2D eigenvalue weighted by molar-refractivity contribution is 5.92. The Morgan fingerprint density at radius 3 is 2.82 bits per heavy atom. The molecule has 5 heteroatoms. The van der Waals surface area contributed by atoms with Gasteiger partial charge in [0.1, 0.15) is 12.6 Å². The molecule has 4 nitrogen and oxygen atoms in total. The summed E-state index contributed by atoms with van der Waals surface area (Å²) in [6, 6.07) is 9.64. The van der Waals surface area contributed by atoms with Crippen LogP contribution in [-0.4, -0.2) is 5.91 Å². The molecule has 1 amide bonds. The number of carbonyl (C=O) groups excluding carboxylic acids is 1. The van der Waals surface area contributed by atoms with Crippen molar-refractivity contribution in [3.8, 4) is 12.1 Å². The van der Waals surface area contributed by atoms with Gasteiger partial charge in [-0.15, -0.1) is 0 Å². The number of alkyl halides is 1. The van der Waals surface area contributed by atoms with Gasteiger partial charge in [0.2, 0.25) is 5.91 Å². The summed E-state index contributed by atoms with van der Waals surface area (Å²) < 4.78 is 13.4. The van der Waals surface area contributed by atoms with Crippen molar-refractivity contribution in [2.24, 2.45) is 0 Å². The Morgan fingerprint density at radius 2 is 2.18 bits per heavy atom. The molecule has 0 heterocycles. The lowest BCUT2D eigenvalue weighted by Gasteiger charge is -2.07. The largest absolute Gasteiger partial charge is 0.325 e. The zero-order valence-electron chi connectivity index (χ0n) is 8.98. The Kier molecular flexibility index (Phi) is 4.65. The number of nitriles is 2. The number of halogens is 1. The zero-order valence-corrected chi connectivity index (χ0v) is 8.98. The number of rotatable bonds is 4. The van der Waals surface area contributed by atoms with Crippen LogP contribution in [0.3, 0.4) is 0 Å². The van der Waals surface area contributed by atoms with Crippen molar-refractivity contribution in [1.82, 2.24) is 0 Å². The van der Waals surface area contributed by atoms with Gasteiger partial charge in [-0.1, -0.05) is 12.1 Å². The van der Waals surface area contributed by atoms with Crippen LogP contribution in [0.25, 0.3) is 0 Å². The maximum atomic E-state index is 13.4. The predicted molar refractivity (Wildman–Crippen MR) is 59.4 cm³/mol. The summed E-state index contributed by atoms with van der Waals surface area (Å²) in [6.45, 7) is 0. The minimum atomic E-state index is -1.37. The van der Waals surface area contributed by atoms with Crippen molar-refractivity contribution in [1.29, 1.82) is 10.5 Å². The van der Waals surface area contributed by atoms with Crippen LogP contribution in [0.1, 0.15) is 24.6 Å². The molecule has 1 N–H and O–H groups in total. The second-order valence-electron chi connectivity index (χ2n) is 3.34. The lowest BCUT2D eigenvalue weighted by Crippen LogP contribution is -2.10. The van der Waals surface area contributed by atoms with Crippen molar-refractivity contribution in [3.05, 3.63) is 29.8 Å².